The van der Waals surface area contributed by atoms with Gasteiger partial charge >= 0.3 is 0 Å². The number of hydrogen-bond donors (Lipinski definition) is 1. The minimum atomic E-state index is 0.0793. The summed E-state index contributed by atoms with van der Waals surface area (Å²) < 4.78 is 1.64. The Hall–Kier alpha value is -1.39. The predicted octanol–water partition coefficient (Wildman–Crippen LogP) is 2.32. The molecule has 90 valence electrons. The fourth-order valence-electron chi connectivity index (χ4n) is 1.58. The minimum absolute atomic E-state index is 0.0793. The summed E-state index contributed by atoms with van der Waals surface area (Å²) in [4.78, 5) is 4.07. The number of aliphatic hydroxyl groups excluding tert-OH is 1. The van der Waals surface area contributed by atoms with Crippen molar-refractivity contribution >= 4 is 11.6 Å². The van der Waals surface area contributed by atoms with E-state index < -0.39 is 0 Å². The number of hydrogen-bond acceptors (Lipinski definition) is 3. The normalized spacial score (nSPS) is 12.7. The summed E-state index contributed by atoms with van der Waals surface area (Å²) >= 11 is 6.14. The molecule has 0 saturated heterocycles. The number of aliphatic hydroxyl groups is 1. The number of rotatable bonds is 3. The SMILES string of the molecule is Cc1ncn(-c2cc([C@H](C)CO)ccc2Cl)n1. The van der Waals surface area contributed by atoms with E-state index in [1.807, 2.05) is 32.0 Å². The first-order chi connectivity index (χ1) is 8.11. The van der Waals surface area contributed by atoms with Gasteiger partial charge < -0.3 is 5.11 Å². The van der Waals surface area contributed by atoms with Gasteiger partial charge in [0, 0.05) is 12.5 Å². The van der Waals surface area contributed by atoms with Crippen molar-refractivity contribution in [3.8, 4) is 5.69 Å². The van der Waals surface area contributed by atoms with Gasteiger partial charge in [-0.15, -0.1) is 0 Å². The molecule has 2 rings (SSSR count). The molecule has 0 radical (unpaired) electrons. The molecule has 17 heavy (non-hydrogen) atoms. The maximum atomic E-state index is 9.16. The van der Waals surface area contributed by atoms with E-state index in [0.29, 0.717) is 10.8 Å². The van der Waals surface area contributed by atoms with Crippen LogP contribution >= 0.6 is 11.6 Å². The van der Waals surface area contributed by atoms with Crippen molar-refractivity contribution in [1.29, 1.82) is 0 Å². The molecule has 1 heterocycles. The Morgan fingerprint density at radius 3 is 2.82 bits per heavy atom. The predicted molar refractivity (Wildman–Crippen MR) is 66.6 cm³/mol. The summed E-state index contributed by atoms with van der Waals surface area (Å²) in [5.41, 5.74) is 1.81. The summed E-state index contributed by atoms with van der Waals surface area (Å²) in [5.74, 6) is 0.775. The van der Waals surface area contributed by atoms with Crippen molar-refractivity contribution in [2.45, 2.75) is 19.8 Å². The van der Waals surface area contributed by atoms with Gasteiger partial charge in [-0.3, -0.25) is 0 Å². The molecule has 0 aliphatic rings. The number of nitrogens with zero attached hydrogens (tertiary/aromatic N) is 3. The molecular weight excluding hydrogens is 238 g/mol. The van der Waals surface area contributed by atoms with Gasteiger partial charge in [0.25, 0.3) is 0 Å². The molecule has 5 heteroatoms. The van der Waals surface area contributed by atoms with Gasteiger partial charge in [-0.05, 0) is 24.6 Å². The Kier molecular flexibility index (Phi) is 3.45. The summed E-state index contributed by atoms with van der Waals surface area (Å²) in [7, 11) is 0. The van der Waals surface area contributed by atoms with Gasteiger partial charge in [-0.1, -0.05) is 24.6 Å². The average molecular weight is 252 g/mol. The molecule has 0 spiro atoms. The lowest BCUT2D eigenvalue weighted by Gasteiger charge is -2.11. The summed E-state index contributed by atoms with van der Waals surface area (Å²) in [6, 6.07) is 5.66. The molecule has 0 aliphatic carbocycles. The van der Waals surface area contributed by atoms with Crippen LogP contribution in [0.1, 0.15) is 24.2 Å². The summed E-state index contributed by atoms with van der Waals surface area (Å²) in [6.07, 6.45) is 1.63. The molecule has 0 bridgehead atoms. The molecule has 0 unspecified atom stereocenters. The first kappa shape index (κ1) is 12.1. The number of aryl methyl sites for hydroxylation is 1. The van der Waals surface area contributed by atoms with Crippen LogP contribution in [-0.4, -0.2) is 26.5 Å². The maximum Gasteiger partial charge on any atom is 0.147 e. The van der Waals surface area contributed by atoms with Crippen LogP contribution < -0.4 is 0 Å². The third-order valence-electron chi connectivity index (χ3n) is 2.67. The van der Waals surface area contributed by atoms with E-state index >= 15 is 0 Å². The Morgan fingerprint density at radius 2 is 2.24 bits per heavy atom. The van der Waals surface area contributed by atoms with Crippen molar-refractivity contribution in [1.82, 2.24) is 14.8 Å². The molecule has 1 N–H and O–H groups in total. The highest BCUT2D eigenvalue weighted by Crippen LogP contribution is 2.24. The Morgan fingerprint density at radius 1 is 1.47 bits per heavy atom. The molecule has 0 fully saturated rings. The van der Waals surface area contributed by atoms with E-state index in [0.717, 1.165) is 11.3 Å². The molecule has 2 aromatic rings. The van der Waals surface area contributed by atoms with Crippen molar-refractivity contribution in [3.05, 3.63) is 40.9 Å². The quantitative estimate of drug-likeness (QED) is 0.911. The highest BCUT2D eigenvalue weighted by molar-refractivity contribution is 6.32. The van der Waals surface area contributed by atoms with Gasteiger partial charge in [-0.2, -0.15) is 5.10 Å². The van der Waals surface area contributed by atoms with Gasteiger partial charge in [0.15, 0.2) is 0 Å². The van der Waals surface area contributed by atoms with E-state index in [1.54, 1.807) is 11.0 Å². The fraction of sp³-hybridized carbons (Fsp3) is 0.333. The molecule has 1 aromatic heterocycles. The third-order valence-corrected chi connectivity index (χ3v) is 2.99. The lowest BCUT2D eigenvalue weighted by Crippen LogP contribution is -2.02. The number of aromatic nitrogens is 3. The fourth-order valence-corrected chi connectivity index (χ4v) is 1.78. The van der Waals surface area contributed by atoms with Crippen LogP contribution in [0.2, 0.25) is 5.02 Å². The van der Waals surface area contributed by atoms with Gasteiger partial charge in [0.2, 0.25) is 0 Å². The van der Waals surface area contributed by atoms with E-state index in [1.165, 1.54) is 0 Å². The zero-order chi connectivity index (χ0) is 12.4. The van der Waals surface area contributed by atoms with Gasteiger partial charge in [0.1, 0.15) is 12.2 Å². The third kappa shape index (κ3) is 2.48. The molecular formula is C12H14ClN3O. The van der Waals surface area contributed by atoms with Crippen LogP contribution in [0.15, 0.2) is 24.5 Å². The van der Waals surface area contributed by atoms with Crippen LogP contribution in [-0.2, 0) is 0 Å². The number of benzene rings is 1. The molecule has 0 amide bonds. The van der Waals surface area contributed by atoms with Crippen molar-refractivity contribution in [2.75, 3.05) is 6.61 Å². The van der Waals surface area contributed by atoms with Gasteiger partial charge in [-0.25, -0.2) is 9.67 Å². The smallest absolute Gasteiger partial charge is 0.147 e. The van der Waals surface area contributed by atoms with Crippen molar-refractivity contribution < 1.29 is 5.11 Å². The van der Waals surface area contributed by atoms with Crippen LogP contribution in [0, 0.1) is 6.92 Å². The molecule has 1 atom stereocenters. The number of halogens is 1. The van der Waals surface area contributed by atoms with E-state index in [9.17, 15) is 0 Å². The highest BCUT2D eigenvalue weighted by atomic mass is 35.5. The van der Waals surface area contributed by atoms with E-state index in [-0.39, 0.29) is 12.5 Å². The summed E-state index contributed by atoms with van der Waals surface area (Å²) in [6.45, 7) is 3.89. The largest absolute Gasteiger partial charge is 0.396 e. The Bertz CT molecular complexity index is 524. The monoisotopic (exact) mass is 251 g/mol. The van der Waals surface area contributed by atoms with Crippen molar-refractivity contribution in [2.24, 2.45) is 0 Å². The average Bonchev–Trinajstić information content (AvgIpc) is 2.75. The summed E-state index contributed by atoms with van der Waals surface area (Å²) in [5, 5.41) is 14.0. The highest BCUT2D eigenvalue weighted by Gasteiger charge is 2.10. The second-order valence-electron chi connectivity index (χ2n) is 4.03. The van der Waals surface area contributed by atoms with Crippen LogP contribution in [0.5, 0.6) is 0 Å². The van der Waals surface area contributed by atoms with Crippen molar-refractivity contribution in [3.63, 3.8) is 0 Å². The second kappa shape index (κ2) is 4.85. The first-order valence-electron chi connectivity index (χ1n) is 5.40. The Labute approximate surface area is 105 Å². The van der Waals surface area contributed by atoms with Gasteiger partial charge in [0.05, 0.1) is 10.7 Å². The second-order valence-corrected chi connectivity index (χ2v) is 4.44. The van der Waals surface area contributed by atoms with Crippen LogP contribution in [0.4, 0.5) is 0 Å². The molecule has 0 saturated carbocycles. The van der Waals surface area contributed by atoms with Crippen LogP contribution in [0.3, 0.4) is 0 Å². The first-order valence-corrected chi connectivity index (χ1v) is 5.78. The minimum Gasteiger partial charge on any atom is -0.396 e. The molecule has 4 nitrogen and oxygen atoms in total. The zero-order valence-electron chi connectivity index (χ0n) is 9.76. The topological polar surface area (TPSA) is 50.9 Å². The standard InChI is InChI=1S/C12H14ClN3O/c1-8(6-17)10-3-4-11(13)12(5-10)16-7-14-9(2)15-16/h3-5,7-8,17H,6H2,1-2H3/t8-/m1/s1. The lowest BCUT2D eigenvalue weighted by atomic mass is 10.0. The lowest BCUT2D eigenvalue weighted by molar-refractivity contribution is 0.273. The maximum absolute atomic E-state index is 9.16. The zero-order valence-corrected chi connectivity index (χ0v) is 10.5. The van der Waals surface area contributed by atoms with Crippen LogP contribution in [0.25, 0.3) is 5.69 Å². The molecule has 1 aromatic carbocycles. The molecule has 0 aliphatic heterocycles. The Balaban J connectivity index is 2.46. The van der Waals surface area contributed by atoms with E-state index in [2.05, 4.69) is 10.1 Å². The van der Waals surface area contributed by atoms with E-state index in [4.69, 9.17) is 16.7 Å².